The van der Waals surface area contributed by atoms with Crippen LogP contribution in [0.3, 0.4) is 0 Å². The van der Waals surface area contributed by atoms with Crippen LogP contribution in [-0.4, -0.2) is 57.2 Å². The van der Waals surface area contributed by atoms with Crippen LogP contribution in [-0.2, 0) is 0 Å². The number of benzene rings is 1. The lowest BCUT2D eigenvalue weighted by Gasteiger charge is -2.30. The largest absolute Gasteiger partial charge is 0.486 e. The molecule has 3 aromatic rings. The quantitative estimate of drug-likeness (QED) is 0.380. The van der Waals surface area contributed by atoms with Gasteiger partial charge in [0.25, 0.3) is 0 Å². The number of fused-ring (bicyclic) bond motifs is 5. The number of hydrogen-bond acceptors (Lipinski definition) is 9. The molecule has 29 heavy (non-hydrogen) atoms. The maximum atomic E-state index is 11.4. The van der Waals surface area contributed by atoms with Crippen LogP contribution in [0.4, 0.5) is 5.82 Å². The molecular formula is C19H21N5O3S2. The number of aliphatic hydroxyl groups is 1. The summed E-state index contributed by atoms with van der Waals surface area (Å²) in [6.45, 7) is 6.79. The minimum atomic E-state index is -0.930. The van der Waals surface area contributed by atoms with Gasteiger partial charge in [-0.15, -0.1) is 0 Å². The molecule has 2 aliphatic rings. The number of rotatable bonds is 4. The van der Waals surface area contributed by atoms with E-state index in [9.17, 15) is 5.11 Å². The summed E-state index contributed by atoms with van der Waals surface area (Å²) < 4.78 is 13.2. The summed E-state index contributed by atoms with van der Waals surface area (Å²) >= 11 is 2.95. The Balaban J connectivity index is 1.71. The molecule has 2 aliphatic heterocycles. The fourth-order valence-corrected chi connectivity index (χ4v) is 5.18. The van der Waals surface area contributed by atoms with Gasteiger partial charge >= 0.3 is 0 Å². The molecule has 5 rings (SSSR count). The summed E-state index contributed by atoms with van der Waals surface area (Å²) in [4.78, 5) is 16.3. The van der Waals surface area contributed by atoms with E-state index in [-0.39, 0.29) is 0 Å². The first-order valence-electron chi connectivity index (χ1n) is 9.53. The second kappa shape index (κ2) is 7.26. The molecule has 0 aliphatic carbocycles. The smallest absolute Gasteiger partial charge is 0.190 e. The third-order valence-electron chi connectivity index (χ3n) is 5.13. The van der Waals surface area contributed by atoms with Gasteiger partial charge in [0.05, 0.1) is 16.6 Å². The van der Waals surface area contributed by atoms with Crippen molar-refractivity contribution >= 4 is 40.4 Å². The highest BCUT2D eigenvalue weighted by Gasteiger charge is 2.34. The minimum absolute atomic E-state index is 0.511. The molecule has 8 nitrogen and oxygen atoms in total. The molecule has 0 fully saturated rings. The van der Waals surface area contributed by atoms with Gasteiger partial charge in [-0.3, -0.25) is 4.57 Å². The monoisotopic (exact) mass is 431 g/mol. The lowest BCUT2D eigenvalue weighted by Crippen LogP contribution is -2.28. The summed E-state index contributed by atoms with van der Waals surface area (Å²) in [5.74, 6) is 2.13. The van der Waals surface area contributed by atoms with Gasteiger partial charge in [-0.1, -0.05) is 11.8 Å². The van der Waals surface area contributed by atoms with E-state index < -0.39 is 6.23 Å². The van der Waals surface area contributed by atoms with E-state index in [1.165, 1.54) is 23.5 Å². The van der Waals surface area contributed by atoms with Crippen molar-refractivity contribution in [1.29, 1.82) is 0 Å². The van der Waals surface area contributed by atoms with Crippen molar-refractivity contribution in [3.8, 4) is 11.5 Å². The van der Waals surface area contributed by atoms with E-state index in [1.54, 1.807) is 0 Å². The SMILES string of the molecule is CCN(CC)c1nc(SC)nc2c1C(O)n1c(nc3cc4c(cc31)OCCO4)S2. The van der Waals surface area contributed by atoms with Crippen molar-refractivity contribution in [3.63, 3.8) is 0 Å². The predicted octanol–water partition coefficient (Wildman–Crippen LogP) is 3.17. The molecule has 0 radical (unpaired) electrons. The summed E-state index contributed by atoms with van der Waals surface area (Å²) in [5.41, 5.74) is 2.28. The molecule has 2 aromatic heterocycles. The van der Waals surface area contributed by atoms with Crippen LogP contribution in [0, 0.1) is 0 Å². The van der Waals surface area contributed by atoms with Gasteiger partial charge < -0.3 is 19.5 Å². The van der Waals surface area contributed by atoms with E-state index in [0.29, 0.717) is 35.0 Å². The lowest BCUT2D eigenvalue weighted by molar-refractivity contribution is 0.134. The normalized spacial score (nSPS) is 17.2. The van der Waals surface area contributed by atoms with Crippen LogP contribution in [0.25, 0.3) is 11.0 Å². The standard InChI is InChI=1S/C19H21N5O3S2/c1-4-23(5-2)15-14-16(22-18(21-15)28-3)29-19-20-10-8-12-13(27-7-6-26-12)9-11(10)24(19)17(14)25/h8-9,17,25H,4-7H2,1-3H3. The summed E-state index contributed by atoms with van der Waals surface area (Å²) in [6, 6.07) is 3.76. The minimum Gasteiger partial charge on any atom is -0.486 e. The Morgan fingerprint density at radius 1 is 1.17 bits per heavy atom. The van der Waals surface area contributed by atoms with Crippen LogP contribution < -0.4 is 14.4 Å². The molecule has 1 unspecified atom stereocenters. The molecule has 0 saturated heterocycles. The van der Waals surface area contributed by atoms with Crippen molar-refractivity contribution < 1.29 is 14.6 Å². The van der Waals surface area contributed by atoms with Gasteiger partial charge in [0, 0.05) is 25.2 Å². The zero-order valence-corrected chi connectivity index (χ0v) is 18.0. The first-order chi connectivity index (χ1) is 14.1. The molecule has 0 saturated carbocycles. The van der Waals surface area contributed by atoms with Gasteiger partial charge in [-0.2, -0.15) is 0 Å². The molecular weight excluding hydrogens is 410 g/mol. The topological polar surface area (TPSA) is 85.5 Å². The van der Waals surface area contributed by atoms with Gasteiger partial charge in [-0.05, 0) is 31.9 Å². The van der Waals surface area contributed by atoms with Crippen molar-refractivity contribution in [2.24, 2.45) is 0 Å². The van der Waals surface area contributed by atoms with Crippen LogP contribution >= 0.6 is 23.5 Å². The molecule has 1 aromatic carbocycles. The second-order valence-corrected chi connectivity index (χ2v) is 8.38. The van der Waals surface area contributed by atoms with Crippen LogP contribution in [0.5, 0.6) is 11.5 Å². The molecule has 10 heteroatoms. The Morgan fingerprint density at radius 2 is 1.90 bits per heavy atom. The summed E-state index contributed by atoms with van der Waals surface area (Å²) in [7, 11) is 0. The Bertz CT molecular complexity index is 1100. The summed E-state index contributed by atoms with van der Waals surface area (Å²) in [5, 5.41) is 13.5. The van der Waals surface area contributed by atoms with E-state index in [1.807, 2.05) is 23.0 Å². The zero-order chi connectivity index (χ0) is 20.1. The van der Waals surface area contributed by atoms with Crippen molar-refractivity contribution in [2.45, 2.75) is 35.4 Å². The molecule has 1 atom stereocenters. The fraction of sp³-hybridized carbons (Fsp3) is 0.421. The molecule has 0 bridgehead atoms. The number of imidazole rings is 1. The lowest BCUT2D eigenvalue weighted by atomic mass is 10.2. The first kappa shape index (κ1) is 18.8. The molecule has 152 valence electrons. The molecule has 1 N–H and O–H groups in total. The Kier molecular flexibility index (Phi) is 4.72. The van der Waals surface area contributed by atoms with Crippen molar-refractivity contribution in [2.75, 3.05) is 37.5 Å². The van der Waals surface area contributed by atoms with Gasteiger partial charge in [-0.25, -0.2) is 15.0 Å². The average Bonchev–Trinajstić information content (AvgIpc) is 3.09. The number of thioether (sulfide) groups is 1. The van der Waals surface area contributed by atoms with Crippen molar-refractivity contribution in [3.05, 3.63) is 17.7 Å². The molecule has 0 spiro atoms. The Hall–Kier alpha value is -2.17. The average molecular weight is 432 g/mol. The van der Waals surface area contributed by atoms with E-state index in [4.69, 9.17) is 19.4 Å². The van der Waals surface area contributed by atoms with E-state index in [2.05, 4.69) is 23.7 Å². The van der Waals surface area contributed by atoms with Gasteiger partial charge in [0.15, 0.2) is 28.0 Å². The second-order valence-electron chi connectivity index (χ2n) is 6.65. The first-order valence-corrected chi connectivity index (χ1v) is 11.6. The number of anilines is 1. The van der Waals surface area contributed by atoms with Crippen LogP contribution in [0.2, 0.25) is 0 Å². The van der Waals surface area contributed by atoms with Gasteiger partial charge in [0.2, 0.25) is 0 Å². The molecule has 0 amide bonds. The molecule has 4 heterocycles. The highest BCUT2D eigenvalue weighted by Crippen LogP contribution is 2.46. The highest BCUT2D eigenvalue weighted by molar-refractivity contribution is 7.99. The number of ether oxygens (including phenoxy) is 2. The maximum Gasteiger partial charge on any atom is 0.190 e. The fourth-order valence-electron chi connectivity index (χ4n) is 3.71. The van der Waals surface area contributed by atoms with E-state index >= 15 is 0 Å². The van der Waals surface area contributed by atoms with Crippen molar-refractivity contribution in [1.82, 2.24) is 19.5 Å². The Morgan fingerprint density at radius 3 is 2.59 bits per heavy atom. The Labute approximate surface area is 176 Å². The van der Waals surface area contributed by atoms with E-state index in [0.717, 1.165) is 40.5 Å². The highest BCUT2D eigenvalue weighted by atomic mass is 32.2. The van der Waals surface area contributed by atoms with Gasteiger partial charge in [0.1, 0.15) is 24.1 Å². The summed E-state index contributed by atoms with van der Waals surface area (Å²) in [6.07, 6.45) is 1.03. The number of hydrogen-bond donors (Lipinski definition) is 1. The third kappa shape index (κ3) is 2.92. The number of nitrogens with zero attached hydrogens (tertiary/aromatic N) is 5. The van der Waals surface area contributed by atoms with Crippen LogP contribution in [0.1, 0.15) is 25.6 Å². The number of aliphatic hydroxyl groups excluding tert-OH is 1. The van der Waals surface area contributed by atoms with Crippen LogP contribution in [0.15, 0.2) is 27.5 Å². The number of aromatic nitrogens is 4. The zero-order valence-electron chi connectivity index (χ0n) is 16.4. The predicted molar refractivity (Wildman–Crippen MR) is 113 cm³/mol. The maximum absolute atomic E-state index is 11.4. The third-order valence-corrected chi connectivity index (χ3v) is 6.65.